The van der Waals surface area contributed by atoms with Crippen molar-refractivity contribution in [1.82, 2.24) is 4.90 Å². The third kappa shape index (κ3) is 4.34. The molecule has 32 heavy (non-hydrogen) atoms. The summed E-state index contributed by atoms with van der Waals surface area (Å²) in [7, 11) is 0. The number of alkyl halides is 2. The Morgan fingerprint density at radius 3 is 2.31 bits per heavy atom. The fraction of sp³-hybridized carbons (Fsp3) is 0.348. The van der Waals surface area contributed by atoms with E-state index in [0.717, 1.165) is 0 Å². The number of hydrogen-bond acceptors (Lipinski definition) is 4. The van der Waals surface area contributed by atoms with Crippen molar-refractivity contribution < 1.29 is 28.3 Å². The number of aliphatic hydroxyl groups is 1. The van der Waals surface area contributed by atoms with Crippen molar-refractivity contribution in [1.29, 1.82) is 0 Å². The molecule has 0 radical (unpaired) electrons. The molecular weight excluding hydrogens is 420 g/mol. The Hall–Kier alpha value is -3.33. The average molecular weight is 445 g/mol. The summed E-state index contributed by atoms with van der Waals surface area (Å²) in [6, 6.07) is 12.0. The van der Waals surface area contributed by atoms with Gasteiger partial charge in [-0.2, -0.15) is 0 Å². The normalized spacial score (nSPS) is 17.3. The minimum absolute atomic E-state index is 0.181. The second-order valence-corrected chi connectivity index (χ2v) is 8.00. The lowest BCUT2D eigenvalue weighted by atomic mass is 9.91. The number of fused-ring (bicyclic) bond motifs is 3. The Kier molecular flexibility index (Phi) is 6.32. The van der Waals surface area contributed by atoms with Crippen LogP contribution in [0.4, 0.5) is 14.5 Å². The maximum Gasteiger partial charge on any atom is 0.265 e. The van der Waals surface area contributed by atoms with E-state index in [0.29, 0.717) is 28.6 Å². The molecule has 0 aliphatic carbocycles. The van der Waals surface area contributed by atoms with E-state index in [1.807, 2.05) is 0 Å². The van der Waals surface area contributed by atoms with E-state index < -0.39 is 41.8 Å². The van der Waals surface area contributed by atoms with Gasteiger partial charge in [-0.3, -0.25) is 14.4 Å². The molecule has 3 rings (SSSR count). The van der Waals surface area contributed by atoms with E-state index >= 15 is 0 Å². The summed E-state index contributed by atoms with van der Waals surface area (Å²) in [5.74, 6) is -6.87. The zero-order chi connectivity index (χ0) is 23.7. The molecule has 3 amide bonds. The van der Waals surface area contributed by atoms with Crippen LogP contribution in [0.15, 0.2) is 48.5 Å². The van der Waals surface area contributed by atoms with Crippen molar-refractivity contribution in [2.75, 3.05) is 11.9 Å². The molecule has 2 aromatic rings. The molecule has 1 heterocycles. The molecule has 1 aliphatic rings. The molecular formula is C23H25F2N3O4. The van der Waals surface area contributed by atoms with Gasteiger partial charge < -0.3 is 21.1 Å². The minimum atomic E-state index is -3.42. The highest BCUT2D eigenvalue weighted by atomic mass is 19.3. The summed E-state index contributed by atoms with van der Waals surface area (Å²) >= 11 is 0. The number of rotatable bonds is 7. The van der Waals surface area contributed by atoms with Crippen molar-refractivity contribution in [3.05, 3.63) is 54.1 Å². The highest BCUT2D eigenvalue weighted by Crippen LogP contribution is 2.40. The number of hydrogen-bond donors (Lipinski definition) is 3. The third-order valence-corrected chi connectivity index (χ3v) is 5.37. The van der Waals surface area contributed by atoms with E-state index in [9.17, 15) is 28.3 Å². The van der Waals surface area contributed by atoms with Crippen molar-refractivity contribution in [3.8, 4) is 11.1 Å². The topological polar surface area (TPSA) is 113 Å². The number of nitrogens with two attached hydrogens (primary N) is 1. The van der Waals surface area contributed by atoms with Crippen LogP contribution in [0.5, 0.6) is 0 Å². The number of benzene rings is 2. The van der Waals surface area contributed by atoms with Crippen LogP contribution in [-0.4, -0.2) is 45.8 Å². The number of nitrogens with zero attached hydrogens (tertiary/aromatic N) is 1. The lowest BCUT2D eigenvalue weighted by Gasteiger charge is -2.37. The number of para-hydroxylation sites is 1. The number of primary amides is 1. The monoisotopic (exact) mass is 445 g/mol. The molecule has 0 spiro atoms. The Labute approximate surface area is 184 Å². The van der Waals surface area contributed by atoms with Gasteiger partial charge in [0.25, 0.3) is 23.6 Å². The highest BCUT2D eigenvalue weighted by Gasteiger charge is 2.50. The second-order valence-electron chi connectivity index (χ2n) is 8.00. The van der Waals surface area contributed by atoms with Crippen LogP contribution < -0.4 is 11.1 Å². The lowest BCUT2D eigenvalue weighted by molar-refractivity contribution is -0.167. The predicted molar refractivity (Wildman–Crippen MR) is 115 cm³/mol. The standard InChI is InChI=1S/C23H25F2N3O4/c1-3-12-23(32,20(26)30)21(31)28(13-22(2,24)25)18-16-10-5-4-8-14(16)15-9-6-7-11-17(15)27-19(18)29/h4-11,18,32H,3,12-13H2,1-2H3,(H2,26,30)(H,27,29)/t18-,23?/m0/s1. The molecule has 4 N–H and O–H groups in total. The van der Waals surface area contributed by atoms with Crippen molar-refractivity contribution >= 4 is 23.4 Å². The number of carbonyl (C=O) groups excluding carboxylic acids is 3. The zero-order valence-corrected chi connectivity index (χ0v) is 17.8. The first-order valence-corrected chi connectivity index (χ1v) is 10.2. The molecule has 0 saturated carbocycles. The zero-order valence-electron chi connectivity index (χ0n) is 17.8. The maximum absolute atomic E-state index is 14.2. The SMILES string of the molecule is CCCC(O)(C(N)=O)C(=O)N(CC(C)(F)F)[C@@H]1C(=O)Nc2ccccc2-c2ccccc21. The van der Waals surface area contributed by atoms with Gasteiger partial charge in [-0.05, 0) is 23.6 Å². The van der Waals surface area contributed by atoms with Gasteiger partial charge in [-0.15, -0.1) is 0 Å². The molecule has 2 aromatic carbocycles. The molecule has 0 fully saturated rings. The van der Waals surface area contributed by atoms with Crippen LogP contribution in [0.2, 0.25) is 0 Å². The van der Waals surface area contributed by atoms with Gasteiger partial charge in [0.1, 0.15) is 6.04 Å². The summed E-state index contributed by atoms with van der Waals surface area (Å²) in [6.07, 6.45) is -0.191. The van der Waals surface area contributed by atoms with Gasteiger partial charge in [-0.1, -0.05) is 55.8 Å². The maximum atomic E-state index is 14.2. The molecule has 0 aromatic heterocycles. The average Bonchev–Trinajstić information content (AvgIpc) is 2.84. The summed E-state index contributed by atoms with van der Waals surface area (Å²) in [5.41, 5.74) is 4.50. The van der Waals surface area contributed by atoms with E-state index in [-0.39, 0.29) is 18.4 Å². The summed E-state index contributed by atoms with van der Waals surface area (Å²) < 4.78 is 28.4. The van der Waals surface area contributed by atoms with Gasteiger partial charge in [-0.25, -0.2) is 8.78 Å². The molecule has 1 unspecified atom stereocenters. The Morgan fingerprint density at radius 2 is 1.72 bits per heavy atom. The van der Waals surface area contributed by atoms with Gasteiger partial charge in [0.15, 0.2) is 0 Å². The largest absolute Gasteiger partial charge is 0.372 e. The number of anilines is 1. The first kappa shape index (κ1) is 23.3. The molecule has 1 aliphatic heterocycles. The van der Waals surface area contributed by atoms with E-state index in [1.165, 1.54) is 0 Å². The lowest BCUT2D eigenvalue weighted by Crippen LogP contribution is -2.60. The fourth-order valence-corrected chi connectivity index (χ4v) is 3.97. The third-order valence-electron chi connectivity index (χ3n) is 5.37. The molecule has 0 saturated heterocycles. The van der Waals surface area contributed by atoms with Crippen LogP contribution in [-0.2, 0) is 14.4 Å². The molecule has 2 atom stereocenters. The van der Waals surface area contributed by atoms with Crippen molar-refractivity contribution in [2.45, 2.75) is 44.3 Å². The highest BCUT2D eigenvalue weighted by molar-refractivity contribution is 6.10. The van der Waals surface area contributed by atoms with Crippen LogP contribution in [0.3, 0.4) is 0 Å². The van der Waals surface area contributed by atoms with E-state index in [4.69, 9.17) is 5.73 Å². The van der Waals surface area contributed by atoms with Crippen LogP contribution in [0, 0.1) is 0 Å². The Morgan fingerprint density at radius 1 is 1.12 bits per heavy atom. The molecule has 7 nitrogen and oxygen atoms in total. The van der Waals surface area contributed by atoms with E-state index in [1.54, 1.807) is 55.5 Å². The Bertz CT molecular complexity index is 1050. The summed E-state index contributed by atoms with van der Waals surface area (Å²) in [5, 5.41) is 13.5. The quantitative estimate of drug-likeness (QED) is 0.569. The van der Waals surface area contributed by atoms with Crippen LogP contribution in [0.25, 0.3) is 11.1 Å². The van der Waals surface area contributed by atoms with Gasteiger partial charge >= 0.3 is 0 Å². The Balaban J connectivity index is 2.22. The van der Waals surface area contributed by atoms with Gasteiger partial charge in [0, 0.05) is 18.2 Å². The molecule has 170 valence electrons. The predicted octanol–water partition coefficient (Wildman–Crippen LogP) is 2.85. The number of carbonyl (C=O) groups is 3. The fourth-order valence-electron chi connectivity index (χ4n) is 3.97. The number of halogens is 2. The number of amides is 3. The van der Waals surface area contributed by atoms with Gasteiger partial charge in [0.2, 0.25) is 5.60 Å². The minimum Gasteiger partial charge on any atom is -0.372 e. The summed E-state index contributed by atoms with van der Waals surface area (Å²) in [4.78, 5) is 39.2. The smallest absolute Gasteiger partial charge is 0.265 e. The van der Waals surface area contributed by atoms with Crippen molar-refractivity contribution in [3.63, 3.8) is 0 Å². The second kappa shape index (κ2) is 8.66. The van der Waals surface area contributed by atoms with Crippen molar-refractivity contribution in [2.24, 2.45) is 5.73 Å². The molecule has 0 bridgehead atoms. The number of nitrogens with one attached hydrogen (secondary N) is 1. The summed E-state index contributed by atoms with van der Waals surface area (Å²) in [6.45, 7) is 0.990. The first-order valence-electron chi connectivity index (χ1n) is 10.2. The van der Waals surface area contributed by atoms with Crippen LogP contribution >= 0.6 is 0 Å². The molecule has 9 heteroatoms. The van der Waals surface area contributed by atoms with E-state index in [2.05, 4.69) is 5.32 Å². The van der Waals surface area contributed by atoms with Crippen LogP contribution in [0.1, 0.15) is 38.3 Å². The first-order chi connectivity index (χ1) is 15.0. The van der Waals surface area contributed by atoms with Gasteiger partial charge in [0.05, 0.1) is 6.54 Å².